The quantitative estimate of drug-likeness (QED) is 0.625. The highest BCUT2D eigenvalue weighted by Gasteiger charge is 2.41. The molecule has 0 amide bonds. The molecule has 29 heavy (non-hydrogen) atoms. The number of aryl methyl sites for hydroxylation is 1. The van der Waals surface area contributed by atoms with Gasteiger partial charge in [0.05, 0.1) is 31.0 Å². The summed E-state index contributed by atoms with van der Waals surface area (Å²) < 4.78 is 6.13. The van der Waals surface area contributed by atoms with Crippen LogP contribution < -0.4 is 5.32 Å². The standard InChI is InChI=1S/C23H31N5O/c1-3-24-23(26-14-20-18(2)8-7-11-25-20)28-16-21-22(17-28)29-13-12-27(21)15-19-9-5-4-6-10-19/h4-11,21-22H,3,12-17H2,1-2H3,(H,24,26). The Hall–Kier alpha value is -2.44. The summed E-state index contributed by atoms with van der Waals surface area (Å²) in [6.07, 6.45) is 2.07. The van der Waals surface area contributed by atoms with Gasteiger partial charge in [-0.15, -0.1) is 0 Å². The second-order valence-electron chi connectivity index (χ2n) is 7.77. The van der Waals surface area contributed by atoms with Crippen molar-refractivity contribution in [2.24, 2.45) is 4.99 Å². The number of hydrogen-bond acceptors (Lipinski definition) is 4. The summed E-state index contributed by atoms with van der Waals surface area (Å²) in [4.78, 5) is 14.3. The summed E-state index contributed by atoms with van der Waals surface area (Å²) in [5.41, 5.74) is 3.57. The highest BCUT2D eigenvalue weighted by molar-refractivity contribution is 5.80. The zero-order valence-electron chi connectivity index (χ0n) is 17.4. The number of pyridine rings is 1. The summed E-state index contributed by atoms with van der Waals surface area (Å²) in [5.74, 6) is 0.954. The van der Waals surface area contributed by atoms with Crippen molar-refractivity contribution in [3.63, 3.8) is 0 Å². The molecule has 1 aromatic carbocycles. The zero-order valence-corrected chi connectivity index (χ0v) is 17.4. The van der Waals surface area contributed by atoms with Crippen molar-refractivity contribution in [3.8, 4) is 0 Å². The minimum atomic E-state index is 0.230. The van der Waals surface area contributed by atoms with Crippen molar-refractivity contribution in [1.29, 1.82) is 0 Å². The Morgan fingerprint density at radius 1 is 1.21 bits per heavy atom. The predicted molar refractivity (Wildman–Crippen MR) is 116 cm³/mol. The number of morpholine rings is 1. The molecule has 1 aromatic heterocycles. The van der Waals surface area contributed by atoms with Gasteiger partial charge in [-0.1, -0.05) is 36.4 Å². The minimum absolute atomic E-state index is 0.230. The molecule has 2 unspecified atom stereocenters. The van der Waals surface area contributed by atoms with Gasteiger partial charge in [0.2, 0.25) is 0 Å². The third-order valence-electron chi connectivity index (χ3n) is 5.78. The molecule has 0 radical (unpaired) electrons. The molecule has 4 rings (SSSR count). The number of rotatable bonds is 5. The Morgan fingerprint density at radius 3 is 2.86 bits per heavy atom. The van der Waals surface area contributed by atoms with Crippen LogP contribution in [0.5, 0.6) is 0 Å². The molecule has 2 fully saturated rings. The molecule has 6 heteroatoms. The normalized spacial score (nSPS) is 22.6. The molecule has 3 heterocycles. The fraction of sp³-hybridized carbons (Fsp3) is 0.478. The first kappa shape index (κ1) is 19.9. The number of hydrogen-bond donors (Lipinski definition) is 1. The molecule has 6 nitrogen and oxygen atoms in total. The van der Waals surface area contributed by atoms with Gasteiger partial charge in [-0.2, -0.15) is 0 Å². The number of ether oxygens (including phenoxy) is 1. The highest BCUT2D eigenvalue weighted by atomic mass is 16.5. The molecule has 2 aliphatic heterocycles. The fourth-order valence-electron chi connectivity index (χ4n) is 4.21. The third kappa shape index (κ3) is 4.77. The van der Waals surface area contributed by atoms with Gasteiger partial charge in [-0.05, 0) is 31.0 Å². The lowest BCUT2D eigenvalue weighted by molar-refractivity contribution is -0.0502. The summed E-state index contributed by atoms with van der Waals surface area (Å²) in [5, 5.41) is 3.46. The average Bonchev–Trinajstić information content (AvgIpc) is 3.18. The first-order valence-electron chi connectivity index (χ1n) is 10.6. The monoisotopic (exact) mass is 393 g/mol. The van der Waals surface area contributed by atoms with Gasteiger partial charge in [0, 0.05) is 38.9 Å². The smallest absolute Gasteiger partial charge is 0.194 e. The average molecular weight is 394 g/mol. The molecule has 154 valence electrons. The van der Waals surface area contributed by atoms with Crippen LogP contribution in [0.3, 0.4) is 0 Å². The Balaban J connectivity index is 1.46. The van der Waals surface area contributed by atoms with Crippen molar-refractivity contribution < 1.29 is 4.74 Å². The maximum Gasteiger partial charge on any atom is 0.194 e. The maximum atomic E-state index is 6.13. The lowest BCUT2D eigenvalue weighted by Crippen LogP contribution is -2.50. The third-order valence-corrected chi connectivity index (χ3v) is 5.78. The lowest BCUT2D eigenvalue weighted by atomic mass is 10.1. The molecular formula is C23H31N5O. The molecule has 2 atom stereocenters. The molecule has 0 spiro atoms. The Labute approximate surface area is 173 Å². The Morgan fingerprint density at radius 2 is 2.07 bits per heavy atom. The van der Waals surface area contributed by atoms with Crippen LogP contribution in [0.15, 0.2) is 53.7 Å². The number of benzene rings is 1. The van der Waals surface area contributed by atoms with Gasteiger partial charge in [0.1, 0.15) is 0 Å². The molecular weight excluding hydrogens is 362 g/mol. The summed E-state index contributed by atoms with van der Waals surface area (Å²) in [6.45, 7) is 10.2. The van der Waals surface area contributed by atoms with E-state index in [4.69, 9.17) is 9.73 Å². The molecule has 2 aliphatic rings. The van der Waals surface area contributed by atoms with Crippen LogP contribution >= 0.6 is 0 Å². The van der Waals surface area contributed by atoms with E-state index in [1.807, 2.05) is 12.3 Å². The number of fused-ring (bicyclic) bond motifs is 1. The van der Waals surface area contributed by atoms with Gasteiger partial charge in [0.25, 0.3) is 0 Å². The molecule has 1 N–H and O–H groups in total. The van der Waals surface area contributed by atoms with Gasteiger partial charge < -0.3 is 15.0 Å². The minimum Gasteiger partial charge on any atom is -0.373 e. The van der Waals surface area contributed by atoms with Crippen LogP contribution in [0.1, 0.15) is 23.7 Å². The first-order chi connectivity index (χ1) is 14.2. The SMILES string of the molecule is CCNC(=NCc1ncccc1C)N1CC2OCCN(Cc3ccccc3)C2C1. The second-order valence-corrected chi connectivity index (χ2v) is 7.77. The van der Waals surface area contributed by atoms with Gasteiger partial charge in [-0.25, -0.2) is 4.99 Å². The number of aromatic nitrogens is 1. The van der Waals surface area contributed by atoms with E-state index in [9.17, 15) is 0 Å². The number of guanidine groups is 1. The van der Waals surface area contributed by atoms with E-state index in [1.54, 1.807) is 0 Å². The number of nitrogens with one attached hydrogen (secondary N) is 1. The molecule has 0 aliphatic carbocycles. The van der Waals surface area contributed by atoms with Gasteiger partial charge in [-0.3, -0.25) is 9.88 Å². The number of aliphatic imine (C=N–C) groups is 1. The molecule has 2 saturated heterocycles. The summed E-state index contributed by atoms with van der Waals surface area (Å²) in [7, 11) is 0. The fourth-order valence-corrected chi connectivity index (χ4v) is 4.21. The van der Waals surface area contributed by atoms with Gasteiger partial charge >= 0.3 is 0 Å². The largest absolute Gasteiger partial charge is 0.373 e. The molecule has 2 aromatic rings. The van der Waals surface area contributed by atoms with Crippen molar-refractivity contribution >= 4 is 5.96 Å². The lowest BCUT2D eigenvalue weighted by Gasteiger charge is -2.36. The molecule has 0 bridgehead atoms. The van der Waals surface area contributed by atoms with Crippen LogP contribution in [0.2, 0.25) is 0 Å². The second kappa shape index (κ2) is 9.37. The van der Waals surface area contributed by atoms with Crippen molar-refractivity contribution in [3.05, 3.63) is 65.5 Å². The zero-order chi connectivity index (χ0) is 20.1. The van der Waals surface area contributed by atoms with Crippen LogP contribution in [-0.4, -0.2) is 65.7 Å². The van der Waals surface area contributed by atoms with Crippen molar-refractivity contribution in [1.82, 2.24) is 20.1 Å². The van der Waals surface area contributed by atoms with Crippen LogP contribution in [0.25, 0.3) is 0 Å². The maximum absolute atomic E-state index is 6.13. The van der Waals surface area contributed by atoms with Gasteiger partial charge in [0.15, 0.2) is 5.96 Å². The van der Waals surface area contributed by atoms with E-state index in [0.29, 0.717) is 12.6 Å². The van der Waals surface area contributed by atoms with E-state index < -0.39 is 0 Å². The van der Waals surface area contributed by atoms with E-state index in [1.165, 1.54) is 11.1 Å². The van der Waals surface area contributed by atoms with Crippen LogP contribution in [0.4, 0.5) is 0 Å². The van der Waals surface area contributed by atoms with Crippen LogP contribution in [0, 0.1) is 6.92 Å². The van der Waals surface area contributed by atoms with E-state index in [2.05, 4.69) is 70.3 Å². The Bertz CT molecular complexity index is 825. The van der Waals surface area contributed by atoms with Crippen molar-refractivity contribution in [2.45, 2.75) is 39.1 Å². The summed E-state index contributed by atoms with van der Waals surface area (Å²) in [6, 6.07) is 15.2. The summed E-state index contributed by atoms with van der Waals surface area (Å²) >= 11 is 0. The van der Waals surface area contributed by atoms with Crippen molar-refractivity contribution in [2.75, 3.05) is 32.8 Å². The van der Waals surface area contributed by atoms with E-state index >= 15 is 0 Å². The Kier molecular flexibility index (Phi) is 6.42. The number of likely N-dealkylation sites (tertiary alicyclic amines) is 1. The van der Waals surface area contributed by atoms with Crippen LogP contribution in [-0.2, 0) is 17.8 Å². The predicted octanol–water partition coefficient (Wildman–Crippen LogP) is 2.44. The highest BCUT2D eigenvalue weighted by Crippen LogP contribution is 2.24. The number of nitrogens with zero attached hydrogens (tertiary/aromatic N) is 4. The topological polar surface area (TPSA) is 53.0 Å². The molecule has 0 saturated carbocycles. The van der Waals surface area contributed by atoms with E-state index in [-0.39, 0.29) is 6.10 Å². The first-order valence-corrected chi connectivity index (χ1v) is 10.6. The van der Waals surface area contributed by atoms with E-state index in [0.717, 1.165) is 51.0 Å².